The van der Waals surface area contributed by atoms with E-state index in [4.69, 9.17) is 0 Å². The summed E-state index contributed by atoms with van der Waals surface area (Å²) in [5.41, 5.74) is -0.00897. The smallest absolute Gasteiger partial charge is 0.253 e. The van der Waals surface area contributed by atoms with E-state index < -0.39 is 0 Å². The number of aromatic nitrogens is 4. The van der Waals surface area contributed by atoms with Gasteiger partial charge in [-0.1, -0.05) is 0 Å². The van der Waals surface area contributed by atoms with Crippen LogP contribution < -0.4 is 10.9 Å². The zero-order chi connectivity index (χ0) is 15.4. The molecule has 0 unspecified atom stereocenters. The van der Waals surface area contributed by atoms with E-state index in [0.717, 1.165) is 37.6 Å². The van der Waals surface area contributed by atoms with E-state index in [1.165, 1.54) is 6.07 Å². The summed E-state index contributed by atoms with van der Waals surface area (Å²) in [6.07, 6.45) is 6.97. The van der Waals surface area contributed by atoms with Gasteiger partial charge in [-0.05, 0) is 18.9 Å². The Balaban J connectivity index is 1.54. The van der Waals surface area contributed by atoms with Gasteiger partial charge in [0.1, 0.15) is 18.0 Å². The lowest BCUT2D eigenvalue weighted by molar-refractivity contribution is 0.203. The minimum absolute atomic E-state index is 0.00897. The van der Waals surface area contributed by atoms with E-state index in [1.807, 2.05) is 6.07 Å². The lowest BCUT2D eigenvalue weighted by Crippen LogP contribution is -2.40. The average Bonchev–Trinajstić information content (AvgIpc) is 2.55. The van der Waals surface area contributed by atoms with Gasteiger partial charge in [0.2, 0.25) is 0 Å². The van der Waals surface area contributed by atoms with E-state index >= 15 is 0 Å². The summed E-state index contributed by atoms with van der Waals surface area (Å²) in [5.74, 6) is 1.69. The van der Waals surface area contributed by atoms with Crippen LogP contribution in [0.15, 0.2) is 35.6 Å². The molecule has 0 aliphatic carbocycles. The molecule has 0 radical (unpaired) electrons. The first-order valence-corrected chi connectivity index (χ1v) is 7.48. The van der Waals surface area contributed by atoms with Gasteiger partial charge in [0.15, 0.2) is 0 Å². The first-order valence-electron chi connectivity index (χ1n) is 7.48. The fourth-order valence-electron chi connectivity index (χ4n) is 2.68. The number of likely N-dealkylation sites (tertiary alicyclic amines) is 1. The Kier molecular flexibility index (Phi) is 4.43. The van der Waals surface area contributed by atoms with Gasteiger partial charge >= 0.3 is 0 Å². The number of hydrogen-bond donors (Lipinski definition) is 1. The molecule has 0 spiro atoms. The van der Waals surface area contributed by atoms with E-state index in [-0.39, 0.29) is 5.56 Å². The predicted molar refractivity (Wildman–Crippen MR) is 83.4 cm³/mol. The highest BCUT2D eigenvalue weighted by atomic mass is 16.1. The zero-order valence-electron chi connectivity index (χ0n) is 12.6. The summed E-state index contributed by atoms with van der Waals surface area (Å²) in [6.45, 7) is 2.67. The summed E-state index contributed by atoms with van der Waals surface area (Å²) in [6, 6.07) is 3.80. The number of hydrogen-bond acceptors (Lipinski definition) is 6. The second-order valence-electron chi connectivity index (χ2n) is 5.55. The third-order valence-corrected chi connectivity index (χ3v) is 4.04. The van der Waals surface area contributed by atoms with Crippen molar-refractivity contribution < 1.29 is 0 Å². The van der Waals surface area contributed by atoms with Crippen molar-refractivity contribution in [3.05, 3.63) is 47.0 Å². The van der Waals surface area contributed by atoms with E-state index in [1.54, 1.807) is 30.3 Å². The number of rotatable bonds is 4. The van der Waals surface area contributed by atoms with E-state index in [9.17, 15) is 4.79 Å². The molecule has 0 saturated carbocycles. The molecule has 3 heterocycles. The van der Waals surface area contributed by atoms with Crippen LogP contribution >= 0.6 is 0 Å². The number of anilines is 1. The molecule has 0 atom stereocenters. The average molecular weight is 300 g/mol. The Morgan fingerprint density at radius 3 is 2.77 bits per heavy atom. The van der Waals surface area contributed by atoms with Crippen molar-refractivity contribution in [1.29, 1.82) is 0 Å². The normalized spacial score (nSPS) is 16.6. The van der Waals surface area contributed by atoms with Gasteiger partial charge in [-0.15, -0.1) is 0 Å². The minimum atomic E-state index is -0.00897. The van der Waals surface area contributed by atoms with Gasteiger partial charge in [-0.25, -0.2) is 15.0 Å². The molecule has 3 rings (SSSR count). The predicted octanol–water partition coefficient (Wildman–Crippen LogP) is 0.647. The van der Waals surface area contributed by atoms with Crippen LogP contribution in [-0.4, -0.2) is 43.6 Å². The van der Waals surface area contributed by atoms with Gasteiger partial charge < -0.3 is 5.32 Å². The largest absolute Gasteiger partial charge is 0.367 e. The Labute approximate surface area is 129 Å². The Bertz CT molecular complexity index is 663. The fraction of sp³-hybridized carbons (Fsp3) is 0.467. The van der Waals surface area contributed by atoms with E-state index in [0.29, 0.717) is 12.6 Å². The minimum Gasteiger partial charge on any atom is -0.367 e. The summed E-state index contributed by atoms with van der Waals surface area (Å²) < 4.78 is 1.62. The number of nitrogens with zero attached hydrogens (tertiary/aromatic N) is 5. The van der Waals surface area contributed by atoms with Crippen molar-refractivity contribution in [2.75, 3.05) is 18.4 Å². The maximum Gasteiger partial charge on any atom is 0.253 e. The van der Waals surface area contributed by atoms with Crippen LogP contribution in [-0.2, 0) is 13.6 Å². The van der Waals surface area contributed by atoms with Crippen LogP contribution in [0.5, 0.6) is 0 Å². The van der Waals surface area contributed by atoms with Gasteiger partial charge in [0, 0.05) is 44.6 Å². The fourth-order valence-corrected chi connectivity index (χ4v) is 2.68. The summed E-state index contributed by atoms with van der Waals surface area (Å²) >= 11 is 0. The molecule has 0 bridgehead atoms. The Morgan fingerprint density at radius 2 is 2.05 bits per heavy atom. The first-order chi connectivity index (χ1) is 10.7. The molecule has 0 aromatic carbocycles. The number of piperidine rings is 1. The van der Waals surface area contributed by atoms with E-state index in [2.05, 4.69) is 25.2 Å². The molecule has 1 aliphatic rings. The molecular formula is C15H20N6O. The van der Waals surface area contributed by atoms with Crippen LogP contribution in [0.4, 0.5) is 5.82 Å². The van der Waals surface area contributed by atoms with Crippen molar-refractivity contribution in [2.45, 2.75) is 25.4 Å². The van der Waals surface area contributed by atoms with Crippen molar-refractivity contribution >= 4 is 5.82 Å². The summed E-state index contributed by atoms with van der Waals surface area (Å²) in [5, 5.41) is 3.44. The standard InChI is InChI=1S/C15H20N6O/c1-20-14(17-7-3-15(20)22)10-21-8-4-12(5-9-21)19-13-2-6-16-11-18-13/h2-3,6-7,11-12H,4-5,8-10H2,1H3,(H,16,18,19). The lowest BCUT2D eigenvalue weighted by Gasteiger charge is -2.32. The first kappa shape index (κ1) is 14.6. The summed E-state index contributed by atoms with van der Waals surface area (Å²) in [7, 11) is 1.77. The maximum atomic E-state index is 11.6. The quantitative estimate of drug-likeness (QED) is 0.893. The lowest BCUT2D eigenvalue weighted by atomic mass is 10.1. The molecule has 2 aromatic rings. The third-order valence-electron chi connectivity index (χ3n) is 4.04. The second kappa shape index (κ2) is 6.65. The molecule has 1 saturated heterocycles. The highest BCUT2D eigenvalue weighted by Crippen LogP contribution is 2.15. The van der Waals surface area contributed by atoms with Crippen LogP contribution in [0.25, 0.3) is 0 Å². The molecular weight excluding hydrogens is 280 g/mol. The highest BCUT2D eigenvalue weighted by Gasteiger charge is 2.20. The molecule has 22 heavy (non-hydrogen) atoms. The van der Waals surface area contributed by atoms with Crippen LogP contribution in [0.2, 0.25) is 0 Å². The van der Waals surface area contributed by atoms with Gasteiger partial charge in [0.05, 0.1) is 6.54 Å². The Hall–Kier alpha value is -2.28. The SMILES string of the molecule is Cn1c(CN2CCC(Nc3ccncn3)CC2)nccc1=O. The Morgan fingerprint density at radius 1 is 1.23 bits per heavy atom. The molecule has 7 heteroatoms. The highest BCUT2D eigenvalue weighted by molar-refractivity contribution is 5.33. The van der Waals surface area contributed by atoms with Gasteiger partial charge in [-0.3, -0.25) is 14.3 Å². The molecule has 1 fully saturated rings. The second-order valence-corrected chi connectivity index (χ2v) is 5.55. The van der Waals surface area contributed by atoms with Crippen molar-refractivity contribution in [2.24, 2.45) is 7.05 Å². The van der Waals surface area contributed by atoms with Gasteiger partial charge in [-0.2, -0.15) is 0 Å². The molecule has 116 valence electrons. The van der Waals surface area contributed by atoms with Crippen LogP contribution in [0.1, 0.15) is 18.7 Å². The van der Waals surface area contributed by atoms with Crippen LogP contribution in [0, 0.1) is 0 Å². The topological polar surface area (TPSA) is 75.9 Å². The number of nitrogens with one attached hydrogen (secondary N) is 1. The molecule has 7 nitrogen and oxygen atoms in total. The zero-order valence-corrected chi connectivity index (χ0v) is 12.6. The monoisotopic (exact) mass is 300 g/mol. The molecule has 1 N–H and O–H groups in total. The van der Waals surface area contributed by atoms with Crippen molar-refractivity contribution in [1.82, 2.24) is 24.4 Å². The third kappa shape index (κ3) is 3.48. The van der Waals surface area contributed by atoms with Crippen molar-refractivity contribution in [3.63, 3.8) is 0 Å². The molecule has 0 amide bonds. The van der Waals surface area contributed by atoms with Crippen LogP contribution in [0.3, 0.4) is 0 Å². The van der Waals surface area contributed by atoms with Gasteiger partial charge in [0.25, 0.3) is 5.56 Å². The van der Waals surface area contributed by atoms with Crippen molar-refractivity contribution in [3.8, 4) is 0 Å². The summed E-state index contributed by atoms with van der Waals surface area (Å²) in [4.78, 5) is 26.4. The maximum absolute atomic E-state index is 11.6. The molecule has 2 aromatic heterocycles. The molecule has 1 aliphatic heterocycles.